The zero-order valence-electron chi connectivity index (χ0n) is 26.3. The van der Waals surface area contributed by atoms with Crippen LogP contribution in [-0.2, 0) is 20.9 Å². The van der Waals surface area contributed by atoms with Gasteiger partial charge in [-0.05, 0) is 45.9 Å². The number of ether oxygens (including phenoxy) is 1. The van der Waals surface area contributed by atoms with Crippen molar-refractivity contribution >= 4 is 51.8 Å². The summed E-state index contributed by atoms with van der Waals surface area (Å²) in [7, 11) is 0. The molecule has 1 N–H and O–H groups in total. The second-order valence-corrected chi connectivity index (χ2v) is 13.7. The van der Waals surface area contributed by atoms with Crippen molar-refractivity contribution in [1.82, 2.24) is 25.1 Å². The molecule has 48 heavy (non-hydrogen) atoms. The first-order valence-corrected chi connectivity index (χ1v) is 17.1. The Morgan fingerprint density at radius 1 is 1.10 bits per heavy atom. The van der Waals surface area contributed by atoms with E-state index in [0.717, 1.165) is 40.3 Å². The third kappa shape index (κ3) is 6.36. The number of hydrazine groups is 1. The third-order valence-corrected chi connectivity index (χ3v) is 10.6. The third-order valence-electron chi connectivity index (χ3n) is 9.71. The summed E-state index contributed by atoms with van der Waals surface area (Å²) in [4.78, 5) is 45.3. The molecule has 0 aromatic heterocycles. The Morgan fingerprint density at radius 3 is 2.77 bits per heavy atom. The number of nitrogens with one attached hydrogen (secondary N) is 1. The monoisotopic (exact) mass is 686 g/mol. The molecule has 4 amide bonds. The van der Waals surface area contributed by atoms with Crippen molar-refractivity contribution in [3.63, 3.8) is 0 Å². The number of carbonyl (C=O) groups excluding carboxylic acids is 3. The Kier molecular flexibility index (Phi) is 9.30. The highest BCUT2D eigenvalue weighted by atomic mass is 35.5. The number of fused-ring (bicyclic) bond motifs is 3. The van der Waals surface area contributed by atoms with Crippen molar-refractivity contribution in [2.24, 2.45) is 0 Å². The summed E-state index contributed by atoms with van der Waals surface area (Å²) in [5.41, 5.74) is 3.99. The zero-order chi connectivity index (χ0) is 33.4. The summed E-state index contributed by atoms with van der Waals surface area (Å²) in [5.74, 6) is -0.403. The molecule has 12 heteroatoms. The van der Waals surface area contributed by atoms with Crippen LogP contribution in [0.2, 0.25) is 0 Å². The largest absolute Gasteiger partial charge is 0.373 e. The second-order valence-electron chi connectivity index (χ2n) is 12.7. The highest BCUT2D eigenvalue weighted by Crippen LogP contribution is 2.35. The van der Waals surface area contributed by atoms with Gasteiger partial charge in [-0.25, -0.2) is 9.80 Å². The molecule has 5 aliphatic rings. The number of amides is 4. The molecule has 3 aliphatic heterocycles. The molecule has 2 aliphatic carbocycles. The minimum atomic E-state index is -0.771. The average molecular weight is 688 g/mol. The standard InChI is InChI=1S/C36H36Cl2N6O4/c37-29-10-8-24(17-30(29)38)19-40-36(47)42(14-13-39)43-22-34(45)44-31(18-23-9-11-32-26(16-23)12-15-48-32)35(46)41(21-33(43)44)20-27-6-3-5-25-4-1-2-7-28(25)27/h1-10,16-17,29-33H,11-12,14-15,18-22H2,(H,40,47)/t29?,30?,31-,32?,33+/m0/s1. The number of carbonyl (C=O) groups is 3. The van der Waals surface area contributed by atoms with E-state index in [2.05, 4.69) is 23.5 Å². The van der Waals surface area contributed by atoms with Crippen LogP contribution in [0.25, 0.3) is 10.8 Å². The number of alkyl halides is 2. The fourth-order valence-corrected chi connectivity index (χ4v) is 7.72. The zero-order valence-corrected chi connectivity index (χ0v) is 27.8. The van der Waals surface area contributed by atoms with Crippen LogP contribution >= 0.6 is 23.2 Å². The summed E-state index contributed by atoms with van der Waals surface area (Å²) in [6.07, 6.45) is 11.0. The lowest BCUT2D eigenvalue weighted by atomic mass is 9.91. The molecule has 248 valence electrons. The molecule has 0 spiro atoms. The van der Waals surface area contributed by atoms with Crippen molar-refractivity contribution in [3.05, 3.63) is 95.1 Å². The maximum absolute atomic E-state index is 14.4. The van der Waals surface area contributed by atoms with E-state index < -0.39 is 23.6 Å². The summed E-state index contributed by atoms with van der Waals surface area (Å²) < 4.78 is 5.83. The Bertz CT molecular complexity index is 1790. The van der Waals surface area contributed by atoms with Gasteiger partial charge in [0.15, 0.2) is 0 Å². The van der Waals surface area contributed by atoms with Crippen LogP contribution in [0.5, 0.6) is 0 Å². The van der Waals surface area contributed by atoms with Crippen molar-refractivity contribution in [3.8, 4) is 6.07 Å². The van der Waals surface area contributed by atoms with E-state index >= 15 is 0 Å². The minimum absolute atomic E-state index is 0.0833. The van der Waals surface area contributed by atoms with Crippen molar-refractivity contribution in [1.29, 1.82) is 5.26 Å². The smallest absolute Gasteiger partial charge is 0.333 e. The van der Waals surface area contributed by atoms with Gasteiger partial charge in [0.1, 0.15) is 18.8 Å². The maximum atomic E-state index is 14.4. The molecule has 3 unspecified atom stereocenters. The first-order chi connectivity index (χ1) is 23.3. The SMILES string of the molecule is N#CCN(C(=O)NCC1=CC(Cl)C(Cl)C=C1)N1CC(=O)N2[C@@H](CC3=CCC4OCCC4=C3)C(=O)N(Cc3cccc4ccccc34)C[C@@H]21. The van der Waals surface area contributed by atoms with Gasteiger partial charge < -0.3 is 19.9 Å². The Hall–Kier alpha value is -4.14. The first-order valence-electron chi connectivity index (χ1n) is 16.2. The molecular formula is C36H36Cl2N6O4. The Labute approximate surface area is 289 Å². The van der Waals surface area contributed by atoms with Crippen molar-refractivity contribution in [2.45, 2.75) is 54.9 Å². The van der Waals surface area contributed by atoms with E-state index in [1.54, 1.807) is 27.0 Å². The van der Waals surface area contributed by atoms with E-state index in [1.807, 2.05) is 48.5 Å². The molecule has 0 saturated carbocycles. The Balaban J connectivity index is 1.18. The molecule has 7 rings (SSSR count). The lowest BCUT2D eigenvalue weighted by molar-refractivity contribution is -0.157. The van der Waals surface area contributed by atoms with Gasteiger partial charge in [0.25, 0.3) is 0 Å². The molecule has 5 atom stereocenters. The molecule has 2 aromatic rings. The summed E-state index contributed by atoms with van der Waals surface area (Å²) in [5, 5.41) is 16.9. The van der Waals surface area contributed by atoms with Gasteiger partial charge in [0.2, 0.25) is 11.8 Å². The summed E-state index contributed by atoms with van der Waals surface area (Å²) in [6.45, 7) is 0.953. The number of piperazine rings is 1. The van der Waals surface area contributed by atoms with Gasteiger partial charge in [0.05, 0.1) is 42.6 Å². The second kappa shape index (κ2) is 13.8. The number of hydrogen-bond acceptors (Lipinski definition) is 6. The fourth-order valence-electron chi connectivity index (χ4n) is 7.33. The normalized spacial score (nSPS) is 26.9. The summed E-state index contributed by atoms with van der Waals surface area (Å²) >= 11 is 12.5. The number of urea groups is 1. The van der Waals surface area contributed by atoms with Gasteiger partial charge in [0, 0.05) is 19.5 Å². The van der Waals surface area contributed by atoms with Gasteiger partial charge in [-0.15, -0.1) is 23.2 Å². The quantitative estimate of drug-likeness (QED) is 0.321. The number of allylic oxidation sites excluding steroid dienone is 3. The number of hydrogen-bond donors (Lipinski definition) is 1. The van der Waals surface area contributed by atoms with Crippen molar-refractivity contribution in [2.75, 3.05) is 32.8 Å². The van der Waals surface area contributed by atoms with Gasteiger partial charge in [-0.3, -0.25) is 9.59 Å². The number of nitriles is 1. The van der Waals surface area contributed by atoms with Crippen LogP contribution in [0.3, 0.4) is 0 Å². The first kappa shape index (κ1) is 32.4. The van der Waals surface area contributed by atoms with E-state index in [1.165, 1.54) is 10.6 Å². The maximum Gasteiger partial charge on any atom is 0.333 e. The predicted octanol–water partition coefficient (Wildman–Crippen LogP) is 4.62. The van der Waals surface area contributed by atoms with Crippen LogP contribution in [0, 0.1) is 11.3 Å². The van der Waals surface area contributed by atoms with Crippen LogP contribution < -0.4 is 5.32 Å². The fraction of sp³-hybridized carbons (Fsp3) is 0.389. The number of nitrogens with zero attached hydrogens (tertiary/aromatic N) is 5. The lowest BCUT2D eigenvalue weighted by Gasteiger charge is -2.46. The average Bonchev–Trinajstić information content (AvgIpc) is 3.69. The minimum Gasteiger partial charge on any atom is -0.373 e. The highest BCUT2D eigenvalue weighted by Gasteiger charge is 2.52. The molecule has 0 radical (unpaired) electrons. The number of halogens is 2. The van der Waals surface area contributed by atoms with E-state index in [-0.39, 0.29) is 49.5 Å². The molecule has 2 aromatic carbocycles. The molecule has 3 fully saturated rings. The highest BCUT2D eigenvalue weighted by molar-refractivity contribution is 6.31. The molecule has 3 saturated heterocycles. The van der Waals surface area contributed by atoms with E-state index in [0.29, 0.717) is 19.6 Å². The topological polar surface area (TPSA) is 109 Å². The van der Waals surface area contributed by atoms with E-state index in [4.69, 9.17) is 27.9 Å². The molecule has 0 bridgehead atoms. The van der Waals surface area contributed by atoms with Crippen molar-refractivity contribution < 1.29 is 19.1 Å². The van der Waals surface area contributed by atoms with Gasteiger partial charge in [-0.2, -0.15) is 10.3 Å². The number of benzene rings is 2. The van der Waals surface area contributed by atoms with Gasteiger partial charge in [-0.1, -0.05) is 72.8 Å². The van der Waals surface area contributed by atoms with Crippen LogP contribution in [0.15, 0.2) is 89.6 Å². The van der Waals surface area contributed by atoms with Crippen LogP contribution in [0.4, 0.5) is 4.79 Å². The van der Waals surface area contributed by atoms with Gasteiger partial charge >= 0.3 is 6.03 Å². The van der Waals surface area contributed by atoms with E-state index in [9.17, 15) is 19.6 Å². The van der Waals surface area contributed by atoms with Crippen LogP contribution in [0.1, 0.15) is 24.8 Å². The lowest BCUT2D eigenvalue weighted by Crippen LogP contribution is -2.65. The van der Waals surface area contributed by atoms with Crippen LogP contribution in [-0.4, -0.2) is 99.5 Å². The molecule has 10 nitrogen and oxygen atoms in total. The number of rotatable bonds is 8. The predicted molar refractivity (Wildman–Crippen MR) is 182 cm³/mol. The summed E-state index contributed by atoms with van der Waals surface area (Å²) in [6, 6.07) is 14.9. The molecule has 3 heterocycles. The molecular weight excluding hydrogens is 651 g/mol. The Morgan fingerprint density at radius 2 is 1.94 bits per heavy atom.